The van der Waals surface area contributed by atoms with Gasteiger partial charge in [0.2, 0.25) is 0 Å². The van der Waals surface area contributed by atoms with Gasteiger partial charge in [0.25, 0.3) is 0 Å². The minimum Gasteiger partial charge on any atom is -0.353 e. The number of ketones is 1. The summed E-state index contributed by atoms with van der Waals surface area (Å²) in [6, 6.07) is 12.3. The quantitative estimate of drug-likeness (QED) is 0.617. The van der Waals surface area contributed by atoms with Gasteiger partial charge < -0.3 is 4.57 Å². The lowest BCUT2D eigenvalue weighted by atomic mass is 9.77. The van der Waals surface area contributed by atoms with Gasteiger partial charge >= 0.3 is 0 Å². The van der Waals surface area contributed by atoms with Crippen LogP contribution in [0.5, 0.6) is 0 Å². The van der Waals surface area contributed by atoms with Crippen LogP contribution >= 0.6 is 0 Å². The maximum Gasteiger partial charge on any atom is 0.161 e. The Kier molecular flexibility index (Phi) is 4.78. The number of carbonyl (C=O) groups is 1. The first kappa shape index (κ1) is 19.2. The molecule has 1 aliphatic carbocycles. The first-order valence-corrected chi connectivity index (χ1v) is 10.8. The molecule has 3 heterocycles. The fraction of sp³-hybridized carbons (Fsp3) is 0.400. The Bertz CT molecular complexity index is 1080. The van der Waals surface area contributed by atoms with E-state index in [1.165, 1.54) is 29.8 Å². The number of hydrogen-bond donors (Lipinski definition) is 0. The molecule has 0 amide bonds. The molecule has 3 aromatic rings. The van der Waals surface area contributed by atoms with Crippen molar-refractivity contribution in [1.29, 1.82) is 0 Å². The summed E-state index contributed by atoms with van der Waals surface area (Å²) in [5, 5.41) is 0. The molecule has 1 atom stereocenters. The SMILES string of the molecule is CC(=O)c1cc(CN2CCCC3(CCc4cnc(-c5ccccc5)nc43)C2)n(C)c1. The third-order valence-corrected chi connectivity index (χ3v) is 6.83. The van der Waals surface area contributed by atoms with E-state index in [0.717, 1.165) is 49.4 Å². The number of nitrogens with zero attached hydrogens (tertiary/aromatic N) is 4. The maximum atomic E-state index is 11.8. The number of fused-ring (bicyclic) bond motifs is 2. The molecule has 5 nitrogen and oxygen atoms in total. The molecule has 1 saturated heterocycles. The maximum absolute atomic E-state index is 11.8. The molecule has 1 aliphatic heterocycles. The topological polar surface area (TPSA) is 51.0 Å². The molecule has 0 N–H and O–H groups in total. The van der Waals surface area contributed by atoms with Gasteiger partial charge in [-0.25, -0.2) is 9.97 Å². The summed E-state index contributed by atoms with van der Waals surface area (Å²) in [6.07, 6.45) is 8.58. The predicted octanol–water partition coefficient (Wildman–Crippen LogP) is 4.16. The highest BCUT2D eigenvalue weighted by Gasteiger charge is 2.43. The van der Waals surface area contributed by atoms with E-state index in [2.05, 4.69) is 32.8 Å². The van der Waals surface area contributed by atoms with E-state index in [4.69, 9.17) is 4.98 Å². The summed E-state index contributed by atoms with van der Waals surface area (Å²) in [5.41, 5.74) is 5.77. The Hall–Kier alpha value is -2.79. The predicted molar refractivity (Wildman–Crippen MR) is 117 cm³/mol. The molecule has 0 radical (unpaired) electrons. The van der Waals surface area contributed by atoms with Gasteiger partial charge in [-0.2, -0.15) is 0 Å². The smallest absolute Gasteiger partial charge is 0.161 e. The van der Waals surface area contributed by atoms with Crippen molar-refractivity contribution in [3.05, 3.63) is 71.3 Å². The van der Waals surface area contributed by atoms with Crippen molar-refractivity contribution in [2.75, 3.05) is 13.1 Å². The zero-order valence-electron chi connectivity index (χ0n) is 17.8. The molecule has 5 heteroatoms. The summed E-state index contributed by atoms with van der Waals surface area (Å²) in [7, 11) is 2.03. The average Bonchev–Trinajstić information content (AvgIpc) is 3.30. The van der Waals surface area contributed by atoms with Crippen LogP contribution in [0.3, 0.4) is 0 Å². The molecule has 1 fully saturated rings. The summed E-state index contributed by atoms with van der Waals surface area (Å²) >= 11 is 0. The van der Waals surface area contributed by atoms with Gasteiger partial charge in [0.05, 0.1) is 5.69 Å². The van der Waals surface area contributed by atoms with Gasteiger partial charge in [0, 0.05) is 54.8 Å². The first-order chi connectivity index (χ1) is 14.5. The molecule has 2 aromatic heterocycles. The second kappa shape index (κ2) is 7.47. The normalized spacial score (nSPS) is 21.1. The molecule has 0 bridgehead atoms. The number of hydrogen-bond acceptors (Lipinski definition) is 4. The highest BCUT2D eigenvalue weighted by Crippen LogP contribution is 2.44. The van der Waals surface area contributed by atoms with Crippen molar-refractivity contribution in [3.8, 4) is 11.4 Å². The third kappa shape index (κ3) is 3.37. The Morgan fingerprint density at radius 2 is 2.03 bits per heavy atom. The average molecular weight is 401 g/mol. The summed E-state index contributed by atoms with van der Waals surface area (Å²) in [6.45, 7) is 4.62. The zero-order valence-corrected chi connectivity index (χ0v) is 17.8. The second-order valence-electron chi connectivity index (χ2n) is 8.92. The minimum atomic E-state index is 0.120. The van der Waals surface area contributed by atoms with E-state index in [-0.39, 0.29) is 11.2 Å². The Balaban J connectivity index is 1.42. The number of aromatic nitrogens is 3. The van der Waals surface area contributed by atoms with E-state index < -0.39 is 0 Å². The Morgan fingerprint density at radius 1 is 1.20 bits per heavy atom. The highest BCUT2D eigenvalue weighted by atomic mass is 16.1. The van der Waals surface area contributed by atoms with Crippen LogP contribution < -0.4 is 0 Å². The van der Waals surface area contributed by atoms with Gasteiger partial charge in [-0.15, -0.1) is 0 Å². The highest BCUT2D eigenvalue weighted by molar-refractivity contribution is 5.94. The standard InChI is InChI=1S/C25H28N4O/c1-18(30)21-13-22(28(2)15-21)16-29-12-6-10-25(17-29)11-9-20-14-26-24(27-23(20)25)19-7-4-3-5-8-19/h3-5,7-8,13-15H,6,9-12,16-17H2,1-2H3. The Labute approximate surface area is 177 Å². The fourth-order valence-corrected chi connectivity index (χ4v) is 5.22. The van der Waals surface area contributed by atoms with Gasteiger partial charge in [-0.1, -0.05) is 30.3 Å². The molecule has 154 valence electrons. The summed E-state index contributed by atoms with van der Waals surface area (Å²) in [4.78, 5) is 24.1. The molecule has 1 aromatic carbocycles. The van der Waals surface area contributed by atoms with E-state index in [9.17, 15) is 4.79 Å². The van der Waals surface area contributed by atoms with Crippen LogP contribution in [0, 0.1) is 0 Å². The van der Waals surface area contributed by atoms with Crippen LogP contribution in [0.4, 0.5) is 0 Å². The van der Waals surface area contributed by atoms with E-state index in [1.54, 1.807) is 6.92 Å². The van der Waals surface area contributed by atoms with Gasteiger partial charge in [-0.3, -0.25) is 9.69 Å². The molecule has 2 aliphatic rings. The number of aryl methyl sites for hydroxylation is 2. The van der Waals surface area contributed by atoms with E-state index in [1.807, 2.05) is 37.5 Å². The van der Waals surface area contributed by atoms with Crippen LogP contribution in [0.25, 0.3) is 11.4 Å². The van der Waals surface area contributed by atoms with Crippen molar-refractivity contribution < 1.29 is 4.79 Å². The summed E-state index contributed by atoms with van der Waals surface area (Å²) in [5.74, 6) is 0.961. The van der Waals surface area contributed by atoms with Crippen molar-refractivity contribution in [1.82, 2.24) is 19.4 Å². The van der Waals surface area contributed by atoms with Crippen LogP contribution in [0.15, 0.2) is 48.8 Å². The Morgan fingerprint density at radius 3 is 2.80 bits per heavy atom. The molecule has 5 rings (SSSR count). The second-order valence-corrected chi connectivity index (χ2v) is 8.92. The number of rotatable bonds is 4. The van der Waals surface area contributed by atoms with Gasteiger partial charge in [0.1, 0.15) is 0 Å². The summed E-state index contributed by atoms with van der Waals surface area (Å²) < 4.78 is 2.09. The molecular formula is C25H28N4O. The van der Waals surface area contributed by atoms with Gasteiger partial charge in [0.15, 0.2) is 11.6 Å². The lowest BCUT2D eigenvalue weighted by Gasteiger charge is -2.40. The van der Waals surface area contributed by atoms with Crippen molar-refractivity contribution in [2.24, 2.45) is 7.05 Å². The lowest BCUT2D eigenvalue weighted by molar-refractivity contribution is 0.101. The molecule has 0 saturated carbocycles. The van der Waals surface area contributed by atoms with Crippen LogP contribution in [0.1, 0.15) is 53.5 Å². The molecule has 1 spiro atoms. The zero-order chi connectivity index (χ0) is 20.7. The molecule has 1 unspecified atom stereocenters. The fourth-order valence-electron chi connectivity index (χ4n) is 5.22. The lowest BCUT2D eigenvalue weighted by Crippen LogP contribution is -2.45. The third-order valence-electron chi connectivity index (χ3n) is 6.83. The first-order valence-electron chi connectivity index (χ1n) is 10.8. The number of Topliss-reactive ketones (excluding diaryl/α,β-unsaturated/α-hetero) is 1. The van der Waals surface area contributed by atoms with Crippen molar-refractivity contribution in [3.63, 3.8) is 0 Å². The largest absolute Gasteiger partial charge is 0.353 e. The van der Waals surface area contributed by atoms with Crippen LogP contribution in [0.2, 0.25) is 0 Å². The van der Waals surface area contributed by atoms with Crippen molar-refractivity contribution in [2.45, 2.75) is 44.6 Å². The number of carbonyl (C=O) groups excluding carboxylic acids is 1. The molecule has 30 heavy (non-hydrogen) atoms. The van der Waals surface area contributed by atoms with E-state index >= 15 is 0 Å². The number of piperidine rings is 1. The van der Waals surface area contributed by atoms with Gasteiger partial charge in [-0.05, 0) is 50.8 Å². The number of benzene rings is 1. The monoisotopic (exact) mass is 400 g/mol. The minimum absolute atomic E-state index is 0.120. The van der Waals surface area contributed by atoms with E-state index in [0.29, 0.717) is 0 Å². The molecular weight excluding hydrogens is 372 g/mol. The number of likely N-dealkylation sites (tertiary alicyclic amines) is 1. The van der Waals surface area contributed by atoms with Crippen LogP contribution in [-0.2, 0) is 25.4 Å². The van der Waals surface area contributed by atoms with Crippen molar-refractivity contribution >= 4 is 5.78 Å². The van der Waals surface area contributed by atoms with Crippen LogP contribution in [-0.4, -0.2) is 38.3 Å².